The first kappa shape index (κ1) is 13.4. The summed E-state index contributed by atoms with van der Waals surface area (Å²) in [4.78, 5) is 14.4. The summed E-state index contributed by atoms with van der Waals surface area (Å²) in [5.41, 5.74) is 0.552. The van der Waals surface area contributed by atoms with Crippen LogP contribution >= 0.6 is 15.9 Å². The molecule has 2 atom stereocenters. The van der Waals surface area contributed by atoms with Crippen LogP contribution in [-0.4, -0.2) is 28.0 Å². The van der Waals surface area contributed by atoms with E-state index in [9.17, 15) is 9.90 Å². The topological polar surface area (TPSA) is 40.5 Å². The number of likely N-dealkylation sites (tertiary alicyclic amines) is 1. The van der Waals surface area contributed by atoms with Crippen LogP contribution in [0, 0.1) is 0 Å². The van der Waals surface area contributed by atoms with Crippen molar-refractivity contribution in [1.82, 2.24) is 4.90 Å². The van der Waals surface area contributed by atoms with Crippen molar-refractivity contribution < 1.29 is 9.90 Å². The lowest BCUT2D eigenvalue weighted by molar-refractivity contribution is 0.0510. The summed E-state index contributed by atoms with van der Waals surface area (Å²) in [5, 5.41) is 9.66. The molecule has 4 heteroatoms. The molecule has 0 radical (unpaired) electrons. The van der Waals surface area contributed by atoms with E-state index in [4.69, 9.17) is 0 Å². The highest BCUT2D eigenvalue weighted by Gasteiger charge is 2.29. The van der Waals surface area contributed by atoms with Crippen molar-refractivity contribution in [3.8, 4) is 5.75 Å². The quantitative estimate of drug-likeness (QED) is 0.861. The fraction of sp³-hybridized carbons (Fsp3) is 0.500. The lowest BCUT2D eigenvalue weighted by Gasteiger charge is -2.39. The molecule has 1 N–H and O–H groups in total. The predicted octanol–water partition coefficient (Wildman–Crippen LogP) is 3.56. The normalized spacial score (nSPS) is 24.1. The van der Waals surface area contributed by atoms with Crippen molar-refractivity contribution in [1.29, 1.82) is 0 Å². The molecule has 1 heterocycles. The van der Waals surface area contributed by atoms with Crippen molar-refractivity contribution in [3.63, 3.8) is 0 Å². The van der Waals surface area contributed by atoms with Gasteiger partial charge in [-0.1, -0.05) is 0 Å². The van der Waals surface area contributed by atoms with E-state index in [0.29, 0.717) is 10.0 Å². The van der Waals surface area contributed by atoms with Crippen molar-refractivity contribution in [3.05, 3.63) is 28.2 Å². The van der Waals surface area contributed by atoms with Gasteiger partial charge in [0.25, 0.3) is 5.91 Å². The van der Waals surface area contributed by atoms with Gasteiger partial charge in [0, 0.05) is 17.6 Å². The van der Waals surface area contributed by atoms with Crippen LogP contribution in [0.15, 0.2) is 22.7 Å². The Bertz CT molecular complexity index is 451. The summed E-state index contributed by atoms with van der Waals surface area (Å²) in [6, 6.07) is 5.53. The minimum absolute atomic E-state index is 0.0116. The lowest BCUT2D eigenvalue weighted by atomic mass is 9.96. The number of piperidine rings is 1. The number of halogens is 1. The number of carbonyl (C=O) groups excluding carboxylic acids is 1. The van der Waals surface area contributed by atoms with E-state index in [1.54, 1.807) is 12.1 Å². The van der Waals surface area contributed by atoms with Crippen LogP contribution in [0.3, 0.4) is 0 Å². The van der Waals surface area contributed by atoms with Gasteiger partial charge in [-0.2, -0.15) is 0 Å². The van der Waals surface area contributed by atoms with Gasteiger partial charge < -0.3 is 10.0 Å². The number of phenolic OH excluding ortho intramolecular Hbond substituents is 1. The summed E-state index contributed by atoms with van der Waals surface area (Å²) in [6.07, 6.45) is 3.29. The van der Waals surface area contributed by atoms with E-state index in [1.165, 1.54) is 12.5 Å². The van der Waals surface area contributed by atoms with Crippen LogP contribution in [0.1, 0.15) is 43.5 Å². The fourth-order valence-corrected chi connectivity index (χ4v) is 2.86. The number of hydrogen-bond donors (Lipinski definition) is 1. The number of amides is 1. The van der Waals surface area contributed by atoms with E-state index < -0.39 is 0 Å². The Balaban J connectivity index is 2.26. The van der Waals surface area contributed by atoms with E-state index in [0.717, 1.165) is 12.8 Å². The fourth-order valence-electron chi connectivity index (χ4n) is 2.62. The highest BCUT2D eigenvalue weighted by atomic mass is 79.9. The van der Waals surface area contributed by atoms with E-state index in [1.807, 2.05) is 4.90 Å². The molecule has 1 aliphatic rings. The summed E-state index contributed by atoms with van der Waals surface area (Å²) in [7, 11) is 0. The summed E-state index contributed by atoms with van der Waals surface area (Å²) in [5.74, 6) is 0.121. The van der Waals surface area contributed by atoms with E-state index in [-0.39, 0.29) is 23.7 Å². The average molecular weight is 312 g/mol. The predicted molar refractivity (Wildman–Crippen MR) is 74.8 cm³/mol. The maximum atomic E-state index is 12.5. The molecule has 0 saturated carbocycles. The molecular weight excluding hydrogens is 294 g/mol. The van der Waals surface area contributed by atoms with E-state index in [2.05, 4.69) is 29.8 Å². The zero-order valence-electron chi connectivity index (χ0n) is 10.7. The van der Waals surface area contributed by atoms with Gasteiger partial charge in [-0.3, -0.25) is 4.79 Å². The second kappa shape index (κ2) is 5.31. The Labute approximate surface area is 116 Å². The lowest BCUT2D eigenvalue weighted by Crippen LogP contribution is -2.47. The average Bonchev–Trinajstić information content (AvgIpc) is 2.32. The first-order valence-corrected chi connectivity index (χ1v) is 7.11. The molecule has 18 heavy (non-hydrogen) atoms. The summed E-state index contributed by atoms with van der Waals surface area (Å²) in [6.45, 7) is 4.18. The molecule has 0 aromatic heterocycles. The molecule has 1 aromatic rings. The molecule has 1 aliphatic heterocycles. The molecule has 0 unspecified atom stereocenters. The van der Waals surface area contributed by atoms with Crippen molar-refractivity contribution in [2.24, 2.45) is 0 Å². The van der Waals surface area contributed by atoms with Crippen molar-refractivity contribution in [2.45, 2.75) is 45.2 Å². The van der Waals surface area contributed by atoms with Crippen LogP contribution < -0.4 is 0 Å². The van der Waals surface area contributed by atoms with Gasteiger partial charge in [0.15, 0.2) is 0 Å². The van der Waals surface area contributed by atoms with Gasteiger partial charge in [0.05, 0.1) is 4.47 Å². The van der Waals surface area contributed by atoms with Crippen LogP contribution in [0.25, 0.3) is 0 Å². The smallest absolute Gasteiger partial charge is 0.254 e. The van der Waals surface area contributed by atoms with Crippen molar-refractivity contribution >= 4 is 21.8 Å². The maximum Gasteiger partial charge on any atom is 0.254 e. The van der Waals surface area contributed by atoms with Crippen LogP contribution in [-0.2, 0) is 0 Å². The van der Waals surface area contributed by atoms with Gasteiger partial charge >= 0.3 is 0 Å². The maximum absolute atomic E-state index is 12.5. The number of carbonyl (C=O) groups is 1. The molecule has 1 fully saturated rings. The number of phenols is 1. The molecule has 1 aromatic carbocycles. The zero-order chi connectivity index (χ0) is 13.3. The third-order valence-corrected chi connectivity index (χ3v) is 4.29. The molecule has 2 rings (SSSR count). The van der Waals surface area contributed by atoms with Crippen LogP contribution in [0.2, 0.25) is 0 Å². The van der Waals surface area contributed by atoms with Gasteiger partial charge in [0.1, 0.15) is 5.75 Å². The Hall–Kier alpha value is -1.03. The molecule has 1 saturated heterocycles. The number of nitrogens with zero attached hydrogens (tertiary/aromatic N) is 1. The minimum atomic E-state index is 0.0116. The second-order valence-electron chi connectivity index (χ2n) is 5.01. The van der Waals surface area contributed by atoms with Gasteiger partial charge in [-0.05, 0) is 67.2 Å². The zero-order valence-corrected chi connectivity index (χ0v) is 12.3. The van der Waals surface area contributed by atoms with Gasteiger partial charge in [-0.15, -0.1) is 0 Å². The third-order valence-electron chi connectivity index (χ3n) is 3.62. The largest absolute Gasteiger partial charge is 0.507 e. The molecule has 3 nitrogen and oxygen atoms in total. The summed E-state index contributed by atoms with van der Waals surface area (Å²) >= 11 is 3.22. The summed E-state index contributed by atoms with van der Waals surface area (Å²) < 4.78 is 0.610. The monoisotopic (exact) mass is 311 g/mol. The first-order valence-electron chi connectivity index (χ1n) is 6.32. The van der Waals surface area contributed by atoms with Gasteiger partial charge in [-0.25, -0.2) is 0 Å². The minimum Gasteiger partial charge on any atom is -0.507 e. The molecule has 0 spiro atoms. The Morgan fingerprint density at radius 2 is 1.94 bits per heavy atom. The van der Waals surface area contributed by atoms with Crippen LogP contribution in [0.5, 0.6) is 5.75 Å². The van der Waals surface area contributed by atoms with Crippen LogP contribution in [0.4, 0.5) is 0 Å². The molecule has 1 amide bonds. The second-order valence-corrected chi connectivity index (χ2v) is 5.86. The highest BCUT2D eigenvalue weighted by molar-refractivity contribution is 9.10. The Morgan fingerprint density at radius 3 is 2.50 bits per heavy atom. The number of aromatic hydroxyl groups is 1. The Kier molecular flexibility index (Phi) is 3.95. The molecule has 0 bridgehead atoms. The highest BCUT2D eigenvalue weighted by Crippen LogP contribution is 2.28. The van der Waals surface area contributed by atoms with E-state index >= 15 is 0 Å². The first-order chi connectivity index (χ1) is 8.50. The number of benzene rings is 1. The number of rotatable bonds is 1. The third kappa shape index (κ3) is 2.53. The number of hydrogen-bond acceptors (Lipinski definition) is 2. The van der Waals surface area contributed by atoms with Gasteiger partial charge in [0.2, 0.25) is 0 Å². The van der Waals surface area contributed by atoms with Crippen molar-refractivity contribution in [2.75, 3.05) is 0 Å². The standard InChI is InChI=1S/C14H18BrNO2/c1-9-4-3-5-10(2)16(9)14(18)11-6-7-12(15)13(17)8-11/h6-10,17H,3-5H2,1-2H3/t9-,10+. The molecular formula is C14H18BrNO2. The molecule has 0 aliphatic carbocycles. The SMILES string of the molecule is C[C@@H]1CCC[C@H](C)N1C(=O)c1ccc(Br)c(O)c1. The molecule has 98 valence electrons. The Morgan fingerprint density at radius 1 is 1.33 bits per heavy atom.